The molecule has 1 rings (SSSR count). The standard InChI is InChI=1S/C10H9/c1-2-3-7-10-8-5-4-6-9-10/h1-9H. The fourth-order valence-electron chi connectivity index (χ4n) is 0.731. The van der Waals surface area contributed by atoms with Gasteiger partial charge in [-0.1, -0.05) is 55.1 Å². The van der Waals surface area contributed by atoms with E-state index in [1.54, 1.807) is 0 Å². The van der Waals surface area contributed by atoms with Gasteiger partial charge < -0.3 is 0 Å². The third-order valence-electron chi connectivity index (χ3n) is 1.20. The predicted octanol–water partition coefficient (Wildman–Crippen LogP) is 2.69. The van der Waals surface area contributed by atoms with E-state index < -0.39 is 0 Å². The lowest BCUT2D eigenvalue weighted by atomic mass is 10.2. The van der Waals surface area contributed by atoms with E-state index in [0.29, 0.717) is 0 Å². The van der Waals surface area contributed by atoms with Crippen molar-refractivity contribution in [3.05, 3.63) is 54.6 Å². The molecule has 1 aromatic carbocycles. The molecule has 0 nitrogen and oxygen atoms in total. The monoisotopic (exact) mass is 129 g/mol. The quantitative estimate of drug-likeness (QED) is 0.538. The minimum Gasteiger partial charge on any atom is -0.0623 e. The summed E-state index contributed by atoms with van der Waals surface area (Å²) in [5.74, 6) is 0. The van der Waals surface area contributed by atoms with Crippen molar-refractivity contribution in [2.75, 3.05) is 0 Å². The van der Waals surface area contributed by atoms with Gasteiger partial charge in [-0.15, -0.1) is 0 Å². The summed E-state index contributed by atoms with van der Waals surface area (Å²) >= 11 is 0. The second-order valence-corrected chi connectivity index (χ2v) is 1.96. The molecule has 1 radical (unpaired) electrons. The van der Waals surface area contributed by atoms with E-state index >= 15 is 0 Å². The topological polar surface area (TPSA) is 0 Å². The van der Waals surface area contributed by atoms with Crippen LogP contribution in [0.25, 0.3) is 6.08 Å². The van der Waals surface area contributed by atoms with Gasteiger partial charge in [0.15, 0.2) is 0 Å². The third kappa shape index (κ3) is 1.90. The number of hydrogen-bond donors (Lipinski definition) is 0. The fraction of sp³-hybridized carbons (Fsp3) is 0. The molecule has 10 heavy (non-hydrogen) atoms. The third-order valence-corrected chi connectivity index (χ3v) is 1.20. The summed E-state index contributed by atoms with van der Waals surface area (Å²) in [6.45, 7) is 5.16. The molecule has 0 aliphatic heterocycles. The van der Waals surface area contributed by atoms with Crippen molar-refractivity contribution in [3.63, 3.8) is 0 Å². The summed E-state index contributed by atoms with van der Waals surface area (Å²) < 4.78 is 0. The normalized spacial score (nSPS) is 10.0. The van der Waals surface area contributed by atoms with Gasteiger partial charge in [-0.2, -0.15) is 0 Å². The number of allylic oxidation sites excluding steroid dienone is 2. The maximum absolute atomic E-state index is 5.16. The van der Waals surface area contributed by atoms with Gasteiger partial charge in [-0.05, 0) is 5.56 Å². The fourth-order valence-corrected chi connectivity index (χ4v) is 0.731. The molecule has 0 aliphatic rings. The van der Waals surface area contributed by atoms with Crippen LogP contribution in [-0.4, -0.2) is 0 Å². The zero-order valence-corrected chi connectivity index (χ0v) is 5.70. The summed E-state index contributed by atoms with van der Waals surface area (Å²) in [6, 6.07) is 10.0. The van der Waals surface area contributed by atoms with E-state index in [4.69, 9.17) is 6.58 Å². The minimum atomic E-state index is 1.17. The Labute approximate surface area is 61.5 Å². The van der Waals surface area contributed by atoms with Gasteiger partial charge in [0.1, 0.15) is 0 Å². The minimum absolute atomic E-state index is 1.17. The lowest BCUT2D eigenvalue weighted by molar-refractivity contribution is 1.66. The summed E-state index contributed by atoms with van der Waals surface area (Å²) in [7, 11) is 0. The largest absolute Gasteiger partial charge is 0.0623 e. The second kappa shape index (κ2) is 3.67. The van der Waals surface area contributed by atoms with E-state index in [-0.39, 0.29) is 0 Å². The van der Waals surface area contributed by atoms with Crippen molar-refractivity contribution in [3.8, 4) is 0 Å². The van der Waals surface area contributed by atoms with E-state index in [0.717, 1.165) is 0 Å². The second-order valence-electron chi connectivity index (χ2n) is 1.96. The van der Waals surface area contributed by atoms with Crippen LogP contribution in [0.15, 0.2) is 42.5 Å². The first-order valence-corrected chi connectivity index (χ1v) is 3.20. The van der Waals surface area contributed by atoms with Crippen molar-refractivity contribution in [2.24, 2.45) is 0 Å². The highest BCUT2D eigenvalue weighted by atomic mass is 13.8. The van der Waals surface area contributed by atoms with E-state index in [2.05, 4.69) is 0 Å². The number of hydrogen-bond acceptors (Lipinski definition) is 0. The van der Waals surface area contributed by atoms with Crippen LogP contribution in [0.5, 0.6) is 0 Å². The Morgan fingerprint density at radius 2 is 1.80 bits per heavy atom. The number of rotatable bonds is 2. The highest BCUT2D eigenvalue weighted by molar-refractivity contribution is 5.50. The molecule has 0 heteroatoms. The highest BCUT2D eigenvalue weighted by Crippen LogP contribution is 1.99. The Bertz CT molecular complexity index is 219. The zero-order valence-electron chi connectivity index (χ0n) is 5.70. The maximum atomic E-state index is 5.16. The first kappa shape index (κ1) is 6.81. The average molecular weight is 129 g/mol. The summed E-state index contributed by atoms with van der Waals surface area (Å²) in [5.41, 5.74) is 1.17. The molecule has 0 atom stereocenters. The molecule has 0 bridgehead atoms. The van der Waals surface area contributed by atoms with E-state index in [1.165, 1.54) is 11.6 Å². The first-order chi connectivity index (χ1) is 4.93. The molecule has 0 fully saturated rings. The van der Waals surface area contributed by atoms with Gasteiger partial charge in [0.2, 0.25) is 0 Å². The van der Waals surface area contributed by atoms with E-state index in [1.807, 2.05) is 42.5 Å². The van der Waals surface area contributed by atoms with Gasteiger partial charge in [0.25, 0.3) is 0 Å². The van der Waals surface area contributed by atoms with Crippen LogP contribution in [0.3, 0.4) is 0 Å². The van der Waals surface area contributed by atoms with Crippen molar-refractivity contribution in [1.29, 1.82) is 0 Å². The Morgan fingerprint density at radius 1 is 1.10 bits per heavy atom. The molecule has 0 aliphatic carbocycles. The molecule has 0 saturated heterocycles. The van der Waals surface area contributed by atoms with Crippen LogP contribution in [0.1, 0.15) is 5.56 Å². The van der Waals surface area contributed by atoms with Gasteiger partial charge in [-0.25, -0.2) is 0 Å². The Balaban J connectivity index is 2.76. The Hall–Kier alpha value is -1.30. The van der Waals surface area contributed by atoms with Crippen LogP contribution in [0, 0.1) is 6.58 Å². The molecule has 1 aromatic rings. The highest BCUT2D eigenvalue weighted by Gasteiger charge is 1.78. The molecule has 0 saturated carbocycles. The van der Waals surface area contributed by atoms with Crippen LogP contribution in [-0.2, 0) is 0 Å². The molecule has 0 N–H and O–H groups in total. The SMILES string of the molecule is [CH]=CC=Cc1ccccc1. The summed E-state index contributed by atoms with van der Waals surface area (Å²) in [5, 5.41) is 0. The Kier molecular flexibility index (Phi) is 2.50. The van der Waals surface area contributed by atoms with Crippen molar-refractivity contribution < 1.29 is 0 Å². The van der Waals surface area contributed by atoms with Crippen molar-refractivity contribution in [1.82, 2.24) is 0 Å². The Morgan fingerprint density at radius 3 is 2.40 bits per heavy atom. The van der Waals surface area contributed by atoms with Crippen LogP contribution in [0.4, 0.5) is 0 Å². The van der Waals surface area contributed by atoms with Crippen LogP contribution in [0.2, 0.25) is 0 Å². The van der Waals surface area contributed by atoms with Crippen molar-refractivity contribution >= 4 is 6.08 Å². The van der Waals surface area contributed by atoms with Crippen molar-refractivity contribution in [2.45, 2.75) is 0 Å². The van der Waals surface area contributed by atoms with Crippen LogP contribution < -0.4 is 0 Å². The summed E-state index contributed by atoms with van der Waals surface area (Å²) in [6.07, 6.45) is 5.29. The molecule has 0 spiro atoms. The first-order valence-electron chi connectivity index (χ1n) is 3.20. The van der Waals surface area contributed by atoms with Gasteiger partial charge in [-0.3, -0.25) is 0 Å². The molecular weight excluding hydrogens is 120 g/mol. The van der Waals surface area contributed by atoms with Gasteiger partial charge in [0, 0.05) is 0 Å². The predicted molar refractivity (Wildman–Crippen MR) is 44.3 cm³/mol. The summed E-state index contributed by atoms with van der Waals surface area (Å²) in [4.78, 5) is 0. The van der Waals surface area contributed by atoms with Gasteiger partial charge >= 0.3 is 0 Å². The maximum Gasteiger partial charge on any atom is -0.0257 e. The molecule has 0 aromatic heterocycles. The van der Waals surface area contributed by atoms with Crippen LogP contribution >= 0.6 is 0 Å². The lowest BCUT2D eigenvalue weighted by Crippen LogP contribution is -1.65. The average Bonchev–Trinajstić information content (AvgIpc) is 2.03. The lowest BCUT2D eigenvalue weighted by Gasteiger charge is -1.87. The molecule has 49 valence electrons. The van der Waals surface area contributed by atoms with E-state index in [9.17, 15) is 0 Å². The zero-order chi connectivity index (χ0) is 7.23. The van der Waals surface area contributed by atoms with Gasteiger partial charge in [0.05, 0.1) is 0 Å². The molecule has 0 heterocycles. The molecule has 0 amide bonds. The number of benzene rings is 1. The molecular formula is C10H9. The molecule has 0 unspecified atom stereocenters. The smallest absolute Gasteiger partial charge is 0.0257 e.